The molecule has 5 nitrogen and oxygen atoms in total. The molecular formula is C15H15N3O2. The van der Waals surface area contributed by atoms with E-state index in [0.29, 0.717) is 11.1 Å². The highest BCUT2D eigenvalue weighted by molar-refractivity contribution is 5.73. The van der Waals surface area contributed by atoms with Crippen LogP contribution >= 0.6 is 0 Å². The molecule has 0 aliphatic rings. The fourth-order valence-corrected chi connectivity index (χ4v) is 2.37. The van der Waals surface area contributed by atoms with Crippen LogP contribution in [0.3, 0.4) is 0 Å². The molecule has 0 bridgehead atoms. The molecule has 1 atom stereocenters. The van der Waals surface area contributed by atoms with Crippen molar-refractivity contribution in [3.8, 4) is 0 Å². The van der Waals surface area contributed by atoms with E-state index in [2.05, 4.69) is 15.3 Å². The zero-order valence-corrected chi connectivity index (χ0v) is 11.1. The second kappa shape index (κ2) is 5.30. The number of benzene rings is 1. The number of aromatic nitrogens is 2. The van der Waals surface area contributed by atoms with Gasteiger partial charge >= 0.3 is 5.76 Å². The molecule has 0 saturated carbocycles. The van der Waals surface area contributed by atoms with Gasteiger partial charge in [-0.3, -0.25) is 9.97 Å². The van der Waals surface area contributed by atoms with Crippen LogP contribution < -0.4 is 11.1 Å². The van der Waals surface area contributed by atoms with Crippen molar-refractivity contribution in [1.82, 2.24) is 15.3 Å². The Morgan fingerprint density at radius 1 is 1.35 bits per heavy atom. The Morgan fingerprint density at radius 3 is 3.00 bits per heavy atom. The van der Waals surface area contributed by atoms with Gasteiger partial charge in [0.2, 0.25) is 0 Å². The number of fused-ring (bicyclic) bond motifs is 1. The summed E-state index contributed by atoms with van der Waals surface area (Å²) in [7, 11) is 1.91. The van der Waals surface area contributed by atoms with Crippen LogP contribution in [0.15, 0.2) is 51.8 Å². The highest BCUT2D eigenvalue weighted by Gasteiger charge is 2.15. The second-order valence-corrected chi connectivity index (χ2v) is 4.63. The van der Waals surface area contributed by atoms with Gasteiger partial charge in [0.05, 0.1) is 5.52 Å². The molecule has 20 heavy (non-hydrogen) atoms. The molecule has 1 aromatic carbocycles. The summed E-state index contributed by atoms with van der Waals surface area (Å²) in [6.45, 7) is 0.768. The van der Waals surface area contributed by atoms with Gasteiger partial charge in [-0.05, 0) is 36.9 Å². The van der Waals surface area contributed by atoms with Gasteiger partial charge in [0.15, 0.2) is 5.58 Å². The molecule has 0 aliphatic carbocycles. The van der Waals surface area contributed by atoms with Crippen LogP contribution in [0.25, 0.3) is 11.1 Å². The molecule has 0 fully saturated rings. The molecule has 1 unspecified atom stereocenters. The maximum atomic E-state index is 11.2. The van der Waals surface area contributed by atoms with E-state index in [1.54, 1.807) is 6.20 Å². The summed E-state index contributed by atoms with van der Waals surface area (Å²) in [5.74, 6) is -0.302. The van der Waals surface area contributed by atoms with E-state index in [4.69, 9.17) is 4.42 Å². The number of nitrogens with one attached hydrogen (secondary N) is 2. The summed E-state index contributed by atoms with van der Waals surface area (Å²) in [5, 5.41) is 3.18. The lowest BCUT2D eigenvalue weighted by Crippen LogP contribution is -2.19. The predicted molar refractivity (Wildman–Crippen MR) is 76.8 cm³/mol. The lowest BCUT2D eigenvalue weighted by atomic mass is 9.95. The van der Waals surface area contributed by atoms with Crippen molar-refractivity contribution < 1.29 is 4.42 Å². The number of H-pyrrole nitrogens is 1. The third-order valence-electron chi connectivity index (χ3n) is 3.30. The SMILES string of the molecule is CNCC(c1ccc2oc(=O)[nH]c2c1)c1ccccn1. The third-order valence-corrected chi connectivity index (χ3v) is 3.30. The number of pyridine rings is 1. The molecule has 2 heterocycles. The van der Waals surface area contributed by atoms with Crippen LogP contribution in [-0.2, 0) is 0 Å². The number of oxazole rings is 1. The molecule has 0 aliphatic heterocycles. The Balaban J connectivity index is 2.07. The smallest absolute Gasteiger partial charge is 0.408 e. The average Bonchev–Trinajstić information content (AvgIpc) is 2.84. The number of aromatic amines is 1. The summed E-state index contributed by atoms with van der Waals surface area (Å²) >= 11 is 0. The molecule has 2 N–H and O–H groups in total. The summed E-state index contributed by atoms with van der Waals surface area (Å²) in [4.78, 5) is 18.3. The first-order valence-corrected chi connectivity index (χ1v) is 6.46. The molecule has 3 rings (SSSR count). The van der Waals surface area contributed by atoms with Crippen LogP contribution in [0, 0.1) is 0 Å². The highest BCUT2D eigenvalue weighted by atomic mass is 16.4. The lowest BCUT2D eigenvalue weighted by Gasteiger charge is -2.16. The predicted octanol–water partition coefficient (Wildman–Crippen LogP) is 1.87. The molecule has 0 radical (unpaired) electrons. The van der Waals surface area contributed by atoms with Crippen LogP contribution in [0.1, 0.15) is 17.2 Å². The zero-order chi connectivity index (χ0) is 13.9. The number of hydrogen-bond donors (Lipinski definition) is 2. The Hall–Kier alpha value is -2.40. The van der Waals surface area contributed by atoms with Crippen molar-refractivity contribution in [1.29, 1.82) is 0 Å². The van der Waals surface area contributed by atoms with Crippen molar-refractivity contribution in [2.24, 2.45) is 0 Å². The van der Waals surface area contributed by atoms with E-state index in [1.807, 2.05) is 43.4 Å². The van der Waals surface area contributed by atoms with E-state index in [0.717, 1.165) is 17.8 Å². The summed E-state index contributed by atoms with van der Waals surface area (Å²) in [5.41, 5.74) is 3.36. The molecule has 102 valence electrons. The largest absolute Gasteiger partial charge is 0.417 e. The number of rotatable bonds is 4. The molecular weight excluding hydrogens is 254 g/mol. The zero-order valence-electron chi connectivity index (χ0n) is 11.1. The minimum atomic E-state index is -0.430. The minimum Gasteiger partial charge on any atom is -0.408 e. The van der Waals surface area contributed by atoms with Gasteiger partial charge in [-0.25, -0.2) is 4.79 Å². The van der Waals surface area contributed by atoms with Crippen LogP contribution in [0.4, 0.5) is 0 Å². The molecule has 3 aromatic rings. The lowest BCUT2D eigenvalue weighted by molar-refractivity contribution is 0.555. The Kier molecular flexibility index (Phi) is 3.35. The molecule has 0 spiro atoms. The van der Waals surface area contributed by atoms with Crippen LogP contribution in [-0.4, -0.2) is 23.6 Å². The summed E-state index contributed by atoms with van der Waals surface area (Å²) in [6, 6.07) is 11.6. The third kappa shape index (κ3) is 2.35. The van der Waals surface area contributed by atoms with Crippen molar-refractivity contribution >= 4 is 11.1 Å². The normalized spacial score (nSPS) is 12.7. The van der Waals surface area contributed by atoms with E-state index in [-0.39, 0.29) is 5.92 Å². The first kappa shape index (κ1) is 12.6. The number of likely N-dealkylation sites (N-methyl/N-ethyl adjacent to an activating group) is 1. The first-order chi connectivity index (χ1) is 9.78. The monoisotopic (exact) mass is 269 g/mol. The van der Waals surface area contributed by atoms with Crippen LogP contribution in [0.2, 0.25) is 0 Å². The molecule has 0 amide bonds. The fraction of sp³-hybridized carbons (Fsp3) is 0.200. The highest BCUT2D eigenvalue weighted by Crippen LogP contribution is 2.24. The van der Waals surface area contributed by atoms with E-state index >= 15 is 0 Å². The van der Waals surface area contributed by atoms with Crippen molar-refractivity contribution in [3.63, 3.8) is 0 Å². The van der Waals surface area contributed by atoms with Gasteiger partial charge in [0.25, 0.3) is 0 Å². The maximum absolute atomic E-state index is 11.2. The fourth-order valence-electron chi connectivity index (χ4n) is 2.37. The van der Waals surface area contributed by atoms with Gasteiger partial charge in [0, 0.05) is 24.4 Å². The Morgan fingerprint density at radius 2 is 2.25 bits per heavy atom. The van der Waals surface area contributed by atoms with Crippen molar-refractivity contribution in [3.05, 3.63) is 64.4 Å². The van der Waals surface area contributed by atoms with Crippen LogP contribution in [0.5, 0.6) is 0 Å². The van der Waals surface area contributed by atoms with Crippen molar-refractivity contribution in [2.75, 3.05) is 13.6 Å². The molecule has 2 aromatic heterocycles. The maximum Gasteiger partial charge on any atom is 0.417 e. The average molecular weight is 269 g/mol. The minimum absolute atomic E-state index is 0.129. The molecule has 0 saturated heterocycles. The first-order valence-electron chi connectivity index (χ1n) is 6.46. The number of nitrogens with zero attached hydrogens (tertiary/aromatic N) is 1. The molecule has 5 heteroatoms. The topological polar surface area (TPSA) is 70.9 Å². The van der Waals surface area contributed by atoms with E-state index in [1.165, 1.54) is 0 Å². The van der Waals surface area contributed by atoms with Gasteiger partial charge < -0.3 is 9.73 Å². The second-order valence-electron chi connectivity index (χ2n) is 4.63. The Labute approximate surface area is 115 Å². The standard InChI is InChI=1S/C15H15N3O2/c1-16-9-11(12-4-2-3-7-17-12)10-5-6-14-13(8-10)18-15(19)20-14/h2-8,11,16H,9H2,1H3,(H,18,19). The summed E-state index contributed by atoms with van der Waals surface area (Å²) in [6.07, 6.45) is 1.79. The van der Waals surface area contributed by atoms with Gasteiger partial charge in [-0.2, -0.15) is 0 Å². The van der Waals surface area contributed by atoms with Gasteiger partial charge in [-0.15, -0.1) is 0 Å². The summed E-state index contributed by atoms with van der Waals surface area (Å²) < 4.78 is 5.03. The van der Waals surface area contributed by atoms with E-state index < -0.39 is 5.76 Å². The van der Waals surface area contributed by atoms with Gasteiger partial charge in [-0.1, -0.05) is 12.1 Å². The Bertz CT molecular complexity index is 761. The van der Waals surface area contributed by atoms with Crippen molar-refractivity contribution in [2.45, 2.75) is 5.92 Å². The quantitative estimate of drug-likeness (QED) is 0.758. The number of hydrogen-bond acceptors (Lipinski definition) is 4. The van der Waals surface area contributed by atoms with E-state index in [9.17, 15) is 4.79 Å². The van der Waals surface area contributed by atoms with Gasteiger partial charge in [0.1, 0.15) is 0 Å².